The summed E-state index contributed by atoms with van der Waals surface area (Å²) in [7, 11) is 0. The van der Waals surface area contributed by atoms with Gasteiger partial charge >= 0.3 is 5.97 Å². The van der Waals surface area contributed by atoms with Gasteiger partial charge in [-0.15, -0.1) is 0 Å². The first-order valence-corrected chi connectivity index (χ1v) is 5.25. The third-order valence-electron chi connectivity index (χ3n) is 1.83. The number of ether oxygens (including phenoxy) is 1. The van der Waals surface area contributed by atoms with Crippen molar-refractivity contribution >= 4 is 21.9 Å². The molecule has 0 fully saturated rings. The molecule has 1 atom stereocenters. The van der Waals surface area contributed by atoms with Gasteiger partial charge in [0.25, 0.3) is 0 Å². The molecule has 0 aliphatic carbocycles. The lowest BCUT2D eigenvalue weighted by Crippen LogP contribution is -2.15. The van der Waals surface area contributed by atoms with Crippen molar-refractivity contribution in [3.05, 3.63) is 33.8 Å². The van der Waals surface area contributed by atoms with Crippen molar-refractivity contribution in [3.63, 3.8) is 0 Å². The minimum Gasteiger partial charge on any atom is -0.464 e. The van der Waals surface area contributed by atoms with Gasteiger partial charge in [0.05, 0.1) is 11.1 Å². The predicted octanol–water partition coefficient (Wildman–Crippen LogP) is 2.32. The van der Waals surface area contributed by atoms with E-state index in [1.165, 1.54) is 0 Å². The van der Waals surface area contributed by atoms with E-state index in [2.05, 4.69) is 20.7 Å². The highest BCUT2D eigenvalue weighted by Gasteiger charge is 2.21. The zero-order valence-electron chi connectivity index (χ0n) is 8.34. The summed E-state index contributed by atoms with van der Waals surface area (Å²) >= 11 is 2.78. The fraction of sp³-hybridized carbons (Fsp3) is 0.300. The zero-order chi connectivity index (χ0) is 12.3. The Balaban J connectivity index is 3.01. The third kappa shape index (κ3) is 2.76. The van der Waals surface area contributed by atoms with Crippen LogP contribution < -0.4 is 0 Å². The van der Waals surface area contributed by atoms with E-state index < -0.39 is 23.7 Å². The van der Waals surface area contributed by atoms with E-state index in [1.54, 1.807) is 6.92 Å². The van der Waals surface area contributed by atoms with E-state index in [0.717, 1.165) is 12.1 Å². The minimum atomic E-state index is -1.62. The molecule has 0 aromatic heterocycles. The van der Waals surface area contributed by atoms with Crippen LogP contribution in [0.25, 0.3) is 0 Å². The Morgan fingerprint density at radius 2 is 2.19 bits per heavy atom. The number of rotatable bonds is 3. The van der Waals surface area contributed by atoms with Crippen LogP contribution >= 0.6 is 15.9 Å². The molecule has 0 aliphatic rings. The van der Waals surface area contributed by atoms with Crippen molar-refractivity contribution in [2.45, 2.75) is 13.0 Å². The Kier molecular flexibility index (Phi) is 4.37. The Labute approximate surface area is 99.2 Å². The first kappa shape index (κ1) is 13.1. The van der Waals surface area contributed by atoms with Crippen LogP contribution in [-0.2, 0) is 9.53 Å². The maximum atomic E-state index is 13.0. The van der Waals surface area contributed by atoms with Crippen LogP contribution in [0.15, 0.2) is 16.6 Å². The van der Waals surface area contributed by atoms with Gasteiger partial charge in [-0.1, -0.05) is 0 Å². The van der Waals surface area contributed by atoms with Crippen LogP contribution in [0.2, 0.25) is 0 Å². The Hall–Kier alpha value is -1.01. The number of benzene rings is 1. The molecular formula is C10H9BrF2O3. The summed E-state index contributed by atoms with van der Waals surface area (Å²) in [5, 5.41) is 9.48. The summed E-state index contributed by atoms with van der Waals surface area (Å²) in [5.74, 6) is -3.12. The fourth-order valence-corrected chi connectivity index (χ4v) is 1.54. The monoisotopic (exact) mass is 294 g/mol. The zero-order valence-corrected chi connectivity index (χ0v) is 9.92. The first-order chi connectivity index (χ1) is 7.47. The van der Waals surface area contributed by atoms with Gasteiger partial charge in [-0.3, -0.25) is 0 Å². The molecule has 0 amide bonds. The van der Waals surface area contributed by atoms with E-state index in [0.29, 0.717) is 0 Å². The summed E-state index contributed by atoms with van der Waals surface area (Å²) in [5.41, 5.74) is -0.0655. The van der Waals surface area contributed by atoms with E-state index in [-0.39, 0.29) is 16.6 Å². The number of hydrogen-bond acceptors (Lipinski definition) is 3. The lowest BCUT2D eigenvalue weighted by molar-refractivity contribution is -0.153. The molecule has 0 spiro atoms. The summed E-state index contributed by atoms with van der Waals surface area (Å²) < 4.78 is 30.3. The quantitative estimate of drug-likeness (QED) is 0.687. The van der Waals surface area contributed by atoms with E-state index in [9.17, 15) is 18.7 Å². The van der Waals surface area contributed by atoms with E-state index in [4.69, 9.17) is 0 Å². The second kappa shape index (κ2) is 5.36. The van der Waals surface area contributed by atoms with Gasteiger partial charge in [-0.25, -0.2) is 13.6 Å². The van der Waals surface area contributed by atoms with Gasteiger partial charge in [0.15, 0.2) is 17.7 Å². The van der Waals surface area contributed by atoms with Crippen molar-refractivity contribution in [1.29, 1.82) is 0 Å². The molecule has 1 aromatic rings. The molecule has 0 radical (unpaired) electrons. The molecule has 1 aromatic carbocycles. The van der Waals surface area contributed by atoms with Crippen LogP contribution in [0.1, 0.15) is 18.6 Å². The van der Waals surface area contributed by atoms with Gasteiger partial charge < -0.3 is 9.84 Å². The van der Waals surface area contributed by atoms with Crippen molar-refractivity contribution in [2.75, 3.05) is 6.61 Å². The number of halogens is 3. The van der Waals surface area contributed by atoms with Crippen LogP contribution in [0.4, 0.5) is 8.78 Å². The van der Waals surface area contributed by atoms with Crippen LogP contribution in [-0.4, -0.2) is 17.7 Å². The number of carbonyl (C=O) groups excluding carboxylic acids is 1. The largest absolute Gasteiger partial charge is 0.464 e. The molecular weight excluding hydrogens is 286 g/mol. The number of aliphatic hydroxyl groups excluding tert-OH is 1. The predicted molar refractivity (Wildman–Crippen MR) is 55.7 cm³/mol. The van der Waals surface area contributed by atoms with Crippen molar-refractivity contribution in [2.24, 2.45) is 0 Å². The average molecular weight is 295 g/mol. The van der Waals surface area contributed by atoms with Gasteiger partial charge in [0.2, 0.25) is 0 Å². The highest BCUT2D eigenvalue weighted by Crippen LogP contribution is 2.24. The molecule has 0 bridgehead atoms. The Bertz CT molecular complexity index is 386. The lowest BCUT2D eigenvalue weighted by Gasteiger charge is -2.10. The molecule has 1 rings (SSSR count). The van der Waals surface area contributed by atoms with Gasteiger partial charge in [-0.2, -0.15) is 0 Å². The summed E-state index contributed by atoms with van der Waals surface area (Å²) in [6.07, 6.45) is -1.62. The van der Waals surface area contributed by atoms with Gasteiger partial charge in [-0.05, 0) is 40.5 Å². The molecule has 88 valence electrons. The minimum absolute atomic E-state index is 0.0655. The summed E-state index contributed by atoms with van der Waals surface area (Å²) in [6.45, 7) is 1.67. The molecule has 1 unspecified atom stereocenters. The highest BCUT2D eigenvalue weighted by atomic mass is 79.9. The third-order valence-corrected chi connectivity index (χ3v) is 2.41. The number of carbonyl (C=O) groups is 1. The van der Waals surface area contributed by atoms with Crippen LogP contribution in [0, 0.1) is 11.6 Å². The number of hydrogen-bond donors (Lipinski definition) is 1. The number of aliphatic hydroxyl groups is 1. The van der Waals surface area contributed by atoms with Crippen molar-refractivity contribution < 1.29 is 23.4 Å². The molecule has 0 heterocycles. The average Bonchev–Trinajstić information content (AvgIpc) is 2.24. The fourth-order valence-electron chi connectivity index (χ4n) is 1.09. The van der Waals surface area contributed by atoms with Crippen LogP contribution in [0.5, 0.6) is 0 Å². The normalized spacial score (nSPS) is 12.3. The molecule has 1 N–H and O–H groups in total. The summed E-state index contributed by atoms with van der Waals surface area (Å²) in [6, 6.07) is 1.88. The smallest absolute Gasteiger partial charge is 0.339 e. The Morgan fingerprint density at radius 1 is 1.56 bits per heavy atom. The topological polar surface area (TPSA) is 46.5 Å². The highest BCUT2D eigenvalue weighted by molar-refractivity contribution is 9.10. The molecule has 6 heteroatoms. The second-order valence-corrected chi connectivity index (χ2v) is 3.81. The molecule has 0 aliphatic heterocycles. The van der Waals surface area contributed by atoms with Crippen molar-refractivity contribution in [1.82, 2.24) is 0 Å². The maximum absolute atomic E-state index is 13.0. The van der Waals surface area contributed by atoms with Gasteiger partial charge in [0, 0.05) is 0 Å². The van der Waals surface area contributed by atoms with Crippen molar-refractivity contribution in [3.8, 4) is 0 Å². The van der Waals surface area contributed by atoms with E-state index >= 15 is 0 Å². The molecule has 0 saturated carbocycles. The first-order valence-electron chi connectivity index (χ1n) is 4.46. The summed E-state index contributed by atoms with van der Waals surface area (Å²) in [4.78, 5) is 11.1. The molecule has 3 nitrogen and oxygen atoms in total. The SMILES string of the molecule is CCOC(=O)C(O)c1cc(F)c(F)c(Br)c1. The second-order valence-electron chi connectivity index (χ2n) is 2.95. The number of esters is 1. The Morgan fingerprint density at radius 3 is 2.69 bits per heavy atom. The van der Waals surface area contributed by atoms with E-state index in [1.807, 2.05) is 0 Å². The molecule has 16 heavy (non-hydrogen) atoms. The lowest BCUT2D eigenvalue weighted by atomic mass is 10.1. The maximum Gasteiger partial charge on any atom is 0.339 e. The standard InChI is InChI=1S/C10H9BrF2O3/c1-2-16-10(15)9(14)5-3-6(11)8(13)7(12)4-5/h3-4,9,14H,2H2,1H3. The molecule has 0 saturated heterocycles. The van der Waals surface area contributed by atoms with Gasteiger partial charge in [0.1, 0.15) is 0 Å². The van der Waals surface area contributed by atoms with Crippen LogP contribution in [0.3, 0.4) is 0 Å².